The number of aryl methyl sites for hydroxylation is 2. The lowest BCUT2D eigenvalue weighted by atomic mass is 10.1. The minimum Gasteiger partial charge on any atom is -0.333 e. The first-order chi connectivity index (χ1) is 8.27. The lowest BCUT2D eigenvalue weighted by molar-refractivity contribution is 0.566. The molecule has 0 amide bonds. The van der Waals surface area contributed by atoms with Crippen LogP contribution in [0.2, 0.25) is 0 Å². The molecule has 0 aliphatic heterocycles. The van der Waals surface area contributed by atoms with Crippen LogP contribution in [0.3, 0.4) is 0 Å². The molecule has 17 heavy (non-hydrogen) atoms. The van der Waals surface area contributed by atoms with Crippen molar-refractivity contribution in [1.29, 1.82) is 0 Å². The van der Waals surface area contributed by atoms with Crippen molar-refractivity contribution in [2.75, 3.05) is 7.05 Å². The third-order valence-corrected chi connectivity index (χ3v) is 2.94. The first-order valence-electron chi connectivity index (χ1n) is 5.96. The van der Waals surface area contributed by atoms with Crippen LogP contribution < -0.4 is 5.32 Å². The van der Waals surface area contributed by atoms with Gasteiger partial charge in [0.1, 0.15) is 5.82 Å². The quantitative estimate of drug-likeness (QED) is 0.825. The Labute approximate surface area is 101 Å². The van der Waals surface area contributed by atoms with Gasteiger partial charge in [0.15, 0.2) is 0 Å². The lowest BCUT2D eigenvalue weighted by Crippen LogP contribution is -2.22. The van der Waals surface area contributed by atoms with E-state index in [0.717, 1.165) is 30.0 Å². The summed E-state index contributed by atoms with van der Waals surface area (Å²) in [6.45, 7) is 5.19. The summed E-state index contributed by atoms with van der Waals surface area (Å²) in [4.78, 5) is 4.46. The molecular weight excluding hydrogens is 214 g/mol. The maximum absolute atomic E-state index is 4.46. The van der Waals surface area contributed by atoms with Gasteiger partial charge in [-0.25, -0.2) is 4.98 Å². The molecule has 0 radical (unpaired) electrons. The number of hydrogen-bond donors (Lipinski definition) is 2. The summed E-state index contributed by atoms with van der Waals surface area (Å²) in [5, 5.41) is 10.3. The highest BCUT2D eigenvalue weighted by molar-refractivity contribution is 5.26. The number of aromatic nitrogens is 4. The maximum atomic E-state index is 4.46. The fraction of sp³-hybridized carbons (Fsp3) is 0.500. The average Bonchev–Trinajstić information content (AvgIpc) is 2.92. The van der Waals surface area contributed by atoms with Gasteiger partial charge in [-0.15, -0.1) is 0 Å². The topological polar surface area (TPSA) is 58.5 Å². The molecule has 5 nitrogen and oxygen atoms in total. The number of nitrogens with zero attached hydrogens (tertiary/aromatic N) is 3. The first-order valence-corrected chi connectivity index (χ1v) is 5.96. The number of aromatic amines is 1. The van der Waals surface area contributed by atoms with Crippen LogP contribution in [0.4, 0.5) is 0 Å². The number of hydrogen-bond acceptors (Lipinski definition) is 3. The summed E-state index contributed by atoms with van der Waals surface area (Å²) < 4.78 is 2.19. The smallest absolute Gasteiger partial charge is 0.130 e. The summed E-state index contributed by atoms with van der Waals surface area (Å²) in [6.07, 6.45) is 6.84. The zero-order valence-electron chi connectivity index (χ0n) is 10.6. The third-order valence-electron chi connectivity index (χ3n) is 2.94. The normalized spacial score (nSPS) is 12.9. The van der Waals surface area contributed by atoms with Crippen LogP contribution in [0.15, 0.2) is 18.6 Å². The summed E-state index contributed by atoms with van der Waals surface area (Å²) in [5.41, 5.74) is 2.23. The van der Waals surface area contributed by atoms with Crippen LogP contribution in [-0.4, -0.2) is 26.8 Å². The fourth-order valence-electron chi connectivity index (χ4n) is 2.09. The molecule has 0 aromatic carbocycles. The molecule has 0 aliphatic carbocycles. The van der Waals surface area contributed by atoms with E-state index in [2.05, 4.69) is 32.0 Å². The number of nitrogens with one attached hydrogen (secondary N) is 2. The molecule has 2 N–H and O–H groups in total. The Morgan fingerprint density at radius 1 is 1.53 bits per heavy atom. The predicted octanol–water partition coefficient (Wildman–Crippen LogP) is 1.63. The Hall–Kier alpha value is -1.62. The van der Waals surface area contributed by atoms with Gasteiger partial charge in [-0.2, -0.15) is 5.10 Å². The monoisotopic (exact) mass is 233 g/mol. The zero-order chi connectivity index (χ0) is 12.3. The largest absolute Gasteiger partial charge is 0.333 e. The Morgan fingerprint density at radius 2 is 2.35 bits per heavy atom. The Balaban J connectivity index is 2.35. The van der Waals surface area contributed by atoms with E-state index in [9.17, 15) is 0 Å². The van der Waals surface area contributed by atoms with Crippen molar-refractivity contribution < 1.29 is 0 Å². The fourth-order valence-corrected chi connectivity index (χ4v) is 2.09. The molecule has 2 aromatic rings. The summed E-state index contributed by atoms with van der Waals surface area (Å²) in [5.74, 6) is 1.04. The Kier molecular flexibility index (Phi) is 3.58. The maximum Gasteiger partial charge on any atom is 0.130 e. The lowest BCUT2D eigenvalue weighted by Gasteiger charge is -2.17. The van der Waals surface area contributed by atoms with Gasteiger partial charge in [0.25, 0.3) is 0 Å². The van der Waals surface area contributed by atoms with E-state index in [1.165, 1.54) is 0 Å². The van der Waals surface area contributed by atoms with E-state index < -0.39 is 0 Å². The highest BCUT2D eigenvalue weighted by Gasteiger charge is 2.19. The van der Waals surface area contributed by atoms with E-state index in [1.807, 2.05) is 32.6 Å². The van der Waals surface area contributed by atoms with E-state index in [4.69, 9.17) is 0 Å². The van der Waals surface area contributed by atoms with E-state index in [-0.39, 0.29) is 6.04 Å². The molecular formula is C12H19N5. The van der Waals surface area contributed by atoms with E-state index >= 15 is 0 Å². The summed E-state index contributed by atoms with van der Waals surface area (Å²) in [7, 11) is 1.95. The highest BCUT2D eigenvalue weighted by Crippen LogP contribution is 2.22. The standard InChI is InChI=1S/C12H19N5/c1-4-6-17-7-5-14-12(17)11(13-3)10-8-15-16-9(10)2/h5,7-8,11,13H,4,6H2,1-3H3,(H,15,16). The second kappa shape index (κ2) is 5.14. The SMILES string of the molecule is CCCn1ccnc1C(NC)c1cn[nH]c1C. The van der Waals surface area contributed by atoms with Gasteiger partial charge in [0.2, 0.25) is 0 Å². The predicted molar refractivity (Wildman–Crippen MR) is 66.7 cm³/mol. The Morgan fingerprint density at radius 3 is 2.94 bits per heavy atom. The van der Waals surface area contributed by atoms with Gasteiger partial charge in [0, 0.05) is 30.2 Å². The van der Waals surface area contributed by atoms with E-state index in [0.29, 0.717) is 0 Å². The zero-order valence-corrected chi connectivity index (χ0v) is 10.6. The van der Waals surface area contributed by atoms with Crippen LogP contribution in [0.25, 0.3) is 0 Å². The minimum atomic E-state index is 0.0929. The van der Waals surface area contributed by atoms with Crippen molar-refractivity contribution in [1.82, 2.24) is 25.1 Å². The second-order valence-electron chi connectivity index (χ2n) is 4.15. The molecule has 0 spiro atoms. The molecule has 5 heteroatoms. The van der Waals surface area contributed by atoms with Crippen molar-refractivity contribution in [2.45, 2.75) is 32.9 Å². The molecule has 0 fully saturated rings. The number of rotatable bonds is 5. The van der Waals surface area contributed by atoms with Crippen LogP contribution >= 0.6 is 0 Å². The van der Waals surface area contributed by atoms with Crippen molar-refractivity contribution in [2.24, 2.45) is 0 Å². The van der Waals surface area contributed by atoms with Crippen LogP contribution in [0, 0.1) is 6.92 Å². The van der Waals surface area contributed by atoms with Gasteiger partial charge in [0.05, 0.1) is 12.2 Å². The van der Waals surface area contributed by atoms with Gasteiger partial charge < -0.3 is 9.88 Å². The third kappa shape index (κ3) is 2.24. The molecule has 0 aliphatic rings. The highest BCUT2D eigenvalue weighted by atomic mass is 15.1. The molecule has 0 saturated heterocycles. The number of H-pyrrole nitrogens is 1. The van der Waals surface area contributed by atoms with Crippen molar-refractivity contribution >= 4 is 0 Å². The molecule has 92 valence electrons. The van der Waals surface area contributed by atoms with Gasteiger partial charge in [-0.05, 0) is 20.4 Å². The minimum absolute atomic E-state index is 0.0929. The molecule has 2 rings (SSSR count). The van der Waals surface area contributed by atoms with Crippen LogP contribution in [0.5, 0.6) is 0 Å². The Bertz CT molecular complexity index is 471. The van der Waals surface area contributed by atoms with Gasteiger partial charge in [-0.3, -0.25) is 5.10 Å². The molecule has 2 heterocycles. The van der Waals surface area contributed by atoms with Crippen molar-refractivity contribution in [3.8, 4) is 0 Å². The molecule has 1 atom stereocenters. The van der Waals surface area contributed by atoms with Crippen LogP contribution in [-0.2, 0) is 6.54 Å². The van der Waals surface area contributed by atoms with E-state index in [1.54, 1.807) is 0 Å². The van der Waals surface area contributed by atoms with Crippen LogP contribution in [0.1, 0.15) is 36.5 Å². The van der Waals surface area contributed by atoms with Gasteiger partial charge >= 0.3 is 0 Å². The van der Waals surface area contributed by atoms with Gasteiger partial charge in [-0.1, -0.05) is 6.92 Å². The van der Waals surface area contributed by atoms with Crippen molar-refractivity contribution in [3.05, 3.63) is 35.7 Å². The van der Waals surface area contributed by atoms with Crippen molar-refractivity contribution in [3.63, 3.8) is 0 Å². The molecule has 0 saturated carbocycles. The average molecular weight is 233 g/mol. The summed E-state index contributed by atoms with van der Waals surface area (Å²) in [6, 6.07) is 0.0929. The first kappa shape index (κ1) is 11.9. The summed E-state index contributed by atoms with van der Waals surface area (Å²) >= 11 is 0. The molecule has 2 aromatic heterocycles. The number of imidazole rings is 1. The second-order valence-corrected chi connectivity index (χ2v) is 4.15. The molecule has 0 bridgehead atoms. The molecule has 1 unspecified atom stereocenters.